The maximum absolute atomic E-state index is 13.2. The van der Waals surface area contributed by atoms with Crippen LogP contribution < -0.4 is 14.8 Å². The molecule has 1 aliphatic heterocycles. The zero-order valence-electron chi connectivity index (χ0n) is 20.4. The predicted molar refractivity (Wildman–Crippen MR) is 152 cm³/mol. The molecule has 1 N–H and O–H groups in total. The zero-order valence-corrected chi connectivity index (χ0v) is 23.6. The van der Waals surface area contributed by atoms with Crippen molar-refractivity contribution < 1.29 is 13.9 Å². The van der Waals surface area contributed by atoms with Crippen LogP contribution in [0.3, 0.4) is 0 Å². The highest BCUT2D eigenvalue weighted by Crippen LogP contribution is 2.37. The molecule has 1 saturated heterocycles. The number of nitrogens with one attached hydrogen (secondary N) is 1. The molecule has 0 aliphatic carbocycles. The molecule has 196 valence electrons. The topological polar surface area (TPSA) is 33.7 Å². The Bertz CT molecular complexity index is 1050. The van der Waals surface area contributed by atoms with Crippen LogP contribution in [0, 0.1) is 5.82 Å². The maximum atomic E-state index is 13.2. The van der Waals surface area contributed by atoms with E-state index in [1.165, 1.54) is 17.7 Å². The van der Waals surface area contributed by atoms with E-state index in [9.17, 15) is 4.39 Å². The van der Waals surface area contributed by atoms with Gasteiger partial charge in [-0.2, -0.15) is 0 Å². The minimum Gasteiger partial charge on any atom is -0.490 e. The van der Waals surface area contributed by atoms with Gasteiger partial charge in [-0.25, -0.2) is 4.39 Å². The second-order valence-electron chi connectivity index (χ2n) is 8.67. The van der Waals surface area contributed by atoms with Crippen molar-refractivity contribution in [1.82, 2.24) is 10.2 Å². The highest BCUT2D eigenvalue weighted by molar-refractivity contribution is 9.10. The number of halogens is 4. The standard InChI is InChI=1S/C28H32BrFN2O2.2ClH/c1-2-33-27-17-23(16-26(29)28(27)34-20-22-8-10-24(30)11-9-22)18-31-25-12-14-32(15-13-25)19-21-6-4-3-5-7-21;;/h3-11,16-17,25,31H,2,12-15,18-20H2,1H3;2*1H. The first-order valence-electron chi connectivity index (χ1n) is 11.9. The Labute approximate surface area is 234 Å². The lowest BCUT2D eigenvalue weighted by Gasteiger charge is -2.32. The number of likely N-dealkylation sites (tertiary alicyclic amines) is 1. The Balaban J connectivity index is 0.00000228. The van der Waals surface area contributed by atoms with E-state index in [-0.39, 0.29) is 30.6 Å². The molecule has 0 radical (unpaired) electrons. The summed E-state index contributed by atoms with van der Waals surface area (Å²) in [5.41, 5.74) is 3.43. The lowest BCUT2D eigenvalue weighted by atomic mass is 10.0. The van der Waals surface area contributed by atoms with Gasteiger partial charge < -0.3 is 14.8 Å². The first-order valence-corrected chi connectivity index (χ1v) is 12.7. The molecule has 0 spiro atoms. The summed E-state index contributed by atoms with van der Waals surface area (Å²) in [5.74, 6) is 1.14. The van der Waals surface area contributed by atoms with E-state index in [4.69, 9.17) is 9.47 Å². The molecule has 3 aromatic carbocycles. The van der Waals surface area contributed by atoms with Crippen LogP contribution in [0.4, 0.5) is 4.39 Å². The van der Waals surface area contributed by atoms with Gasteiger partial charge in [0.05, 0.1) is 11.1 Å². The fraction of sp³-hybridized carbons (Fsp3) is 0.357. The minimum atomic E-state index is -0.251. The Morgan fingerprint density at radius 2 is 1.61 bits per heavy atom. The molecule has 36 heavy (non-hydrogen) atoms. The molecular weight excluding hydrogens is 566 g/mol. The van der Waals surface area contributed by atoms with Crippen molar-refractivity contribution in [3.63, 3.8) is 0 Å². The maximum Gasteiger partial charge on any atom is 0.175 e. The molecular formula is C28H34BrCl2FN2O2. The lowest BCUT2D eigenvalue weighted by Crippen LogP contribution is -2.41. The summed E-state index contributed by atoms with van der Waals surface area (Å²) in [6.45, 7) is 6.88. The summed E-state index contributed by atoms with van der Waals surface area (Å²) < 4.78 is 25.9. The molecule has 1 aliphatic rings. The number of rotatable bonds is 10. The van der Waals surface area contributed by atoms with Gasteiger partial charge in [0.15, 0.2) is 11.5 Å². The normalized spacial score (nSPS) is 14.0. The second kappa shape index (κ2) is 15.4. The summed E-state index contributed by atoms with van der Waals surface area (Å²) in [6, 6.07) is 21.7. The van der Waals surface area contributed by atoms with Gasteiger partial charge in [-0.1, -0.05) is 42.5 Å². The van der Waals surface area contributed by atoms with Gasteiger partial charge in [-0.05, 0) is 89.7 Å². The monoisotopic (exact) mass is 598 g/mol. The third-order valence-electron chi connectivity index (χ3n) is 6.10. The fourth-order valence-electron chi connectivity index (χ4n) is 4.26. The van der Waals surface area contributed by atoms with Crippen LogP contribution in [0.1, 0.15) is 36.5 Å². The van der Waals surface area contributed by atoms with Crippen LogP contribution in [0.2, 0.25) is 0 Å². The molecule has 1 heterocycles. The molecule has 0 unspecified atom stereocenters. The van der Waals surface area contributed by atoms with Crippen LogP contribution in [-0.2, 0) is 19.7 Å². The Kier molecular flexibility index (Phi) is 13.0. The van der Waals surface area contributed by atoms with Crippen molar-refractivity contribution >= 4 is 40.7 Å². The predicted octanol–water partition coefficient (Wildman–Crippen LogP) is 7.16. The van der Waals surface area contributed by atoms with Gasteiger partial charge in [0, 0.05) is 19.1 Å². The van der Waals surface area contributed by atoms with Gasteiger partial charge in [0.2, 0.25) is 0 Å². The highest BCUT2D eigenvalue weighted by Gasteiger charge is 2.19. The first-order chi connectivity index (χ1) is 16.6. The number of hydrogen-bond donors (Lipinski definition) is 1. The van der Waals surface area contributed by atoms with Gasteiger partial charge in [-0.15, -0.1) is 24.8 Å². The van der Waals surface area contributed by atoms with Gasteiger partial charge in [0.1, 0.15) is 12.4 Å². The van der Waals surface area contributed by atoms with Crippen molar-refractivity contribution in [3.8, 4) is 11.5 Å². The largest absolute Gasteiger partial charge is 0.490 e. The van der Waals surface area contributed by atoms with Crippen molar-refractivity contribution in [1.29, 1.82) is 0 Å². The molecule has 0 saturated carbocycles. The smallest absolute Gasteiger partial charge is 0.175 e. The van der Waals surface area contributed by atoms with Gasteiger partial charge in [0.25, 0.3) is 0 Å². The molecule has 0 aromatic heterocycles. The molecule has 0 atom stereocenters. The molecule has 8 heteroatoms. The van der Waals surface area contributed by atoms with Crippen LogP contribution in [0.15, 0.2) is 71.2 Å². The van der Waals surface area contributed by atoms with Gasteiger partial charge >= 0.3 is 0 Å². The average Bonchev–Trinajstić information content (AvgIpc) is 2.85. The molecule has 0 amide bonds. The van der Waals surface area contributed by atoms with Crippen LogP contribution in [0.5, 0.6) is 11.5 Å². The quantitative estimate of drug-likeness (QED) is 0.268. The third kappa shape index (κ3) is 8.93. The number of ether oxygens (including phenoxy) is 2. The number of hydrogen-bond acceptors (Lipinski definition) is 4. The van der Waals surface area contributed by atoms with Crippen LogP contribution in [0.25, 0.3) is 0 Å². The summed E-state index contributed by atoms with van der Waals surface area (Å²) in [6.07, 6.45) is 2.29. The molecule has 0 bridgehead atoms. The molecule has 4 rings (SSSR count). The molecule has 1 fully saturated rings. The second-order valence-corrected chi connectivity index (χ2v) is 9.52. The number of nitrogens with zero attached hydrogens (tertiary/aromatic N) is 1. The van der Waals surface area contributed by atoms with E-state index in [0.717, 1.165) is 54.6 Å². The van der Waals surface area contributed by atoms with E-state index < -0.39 is 0 Å². The van der Waals surface area contributed by atoms with Crippen molar-refractivity contribution in [3.05, 3.63) is 93.7 Å². The van der Waals surface area contributed by atoms with E-state index in [1.807, 2.05) is 13.0 Å². The van der Waals surface area contributed by atoms with Crippen molar-refractivity contribution in [2.24, 2.45) is 0 Å². The Hall–Kier alpha value is -1.83. The van der Waals surface area contributed by atoms with Crippen molar-refractivity contribution in [2.75, 3.05) is 19.7 Å². The van der Waals surface area contributed by atoms with E-state index in [0.29, 0.717) is 30.8 Å². The number of benzene rings is 3. The Morgan fingerprint density at radius 1 is 0.917 bits per heavy atom. The van der Waals surface area contributed by atoms with E-state index >= 15 is 0 Å². The average molecular weight is 600 g/mol. The fourth-order valence-corrected chi connectivity index (χ4v) is 4.87. The molecule has 4 nitrogen and oxygen atoms in total. The Morgan fingerprint density at radius 3 is 2.28 bits per heavy atom. The van der Waals surface area contributed by atoms with E-state index in [1.54, 1.807) is 12.1 Å². The number of piperidine rings is 1. The molecule has 3 aromatic rings. The van der Waals surface area contributed by atoms with Crippen LogP contribution >= 0.6 is 40.7 Å². The van der Waals surface area contributed by atoms with E-state index in [2.05, 4.69) is 62.5 Å². The minimum absolute atomic E-state index is 0. The summed E-state index contributed by atoms with van der Waals surface area (Å²) in [5, 5.41) is 3.72. The third-order valence-corrected chi connectivity index (χ3v) is 6.69. The van der Waals surface area contributed by atoms with Crippen molar-refractivity contribution in [2.45, 2.75) is 45.5 Å². The SMILES string of the molecule is CCOc1cc(CNC2CCN(Cc3ccccc3)CC2)cc(Br)c1OCc1ccc(F)cc1.Cl.Cl. The van der Waals surface area contributed by atoms with Gasteiger partial charge in [-0.3, -0.25) is 4.90 Å². The van der Waals surface area contributed by atoms with Crippen LogP contribution in [-0.4, -0.2) is 30.6 Å². The first kappa shape index (κ1) is 30.4. The highest BCUT2D eigenvalue weighted by atomic mass is 79.9. The summed E-state index contributed by atoms with van der Waals surface area (Å²) in [4.78, 5) is 2.53. The lowest BCUT2D eigenvalue weighted by molar-refractivity contribution is 0.190. The summed E-state index contributed by atoms with van der Waals surface area (Å²) >= 11 is 3.66. The zero-order chi connectivity index (χ0) is 23.8. The summed E-state index contributed by atoms with van der Waals surface area (Å²) in [7, 11) is 0.